The molecule has 1 aliphatic heterocycles. The van der Waals surface area contributed by atoms with Crippen molar-refractivity contribution in [1.29, 1.82) is 0 Å². The lowest BCUT2D eigenvalue weighted by molar-refractivity contribution is -0.131. The summed E-state index contributed by atoms with van der Waals surface area (Å²) in [5.74, 6) is -0.425. The van der Waals surface area contributed by atoms with Gasteiger partial charge in [0, 0.05) is 29.3 Å². The second-order valence-corrected chi connectivity index (χ2v) is 15.4. The zero-order chi connectivity index (χ0) is 37.7. The van der Waals surface area contributed by atoms with Gasteiger partial charge in [0.05, 0.1) is 31.4 Å². The molecule has 3 amide bonds. The smallest absolute Gasteiger partial charge is 0.245 e. The van der Waals surface area contributed by atoms with Crippen molar-refractivity contribution in [2.75, 3.05) is 19.7 Å². The third-order valence-electron chi connectivity index (χ3n) is 9.68. The summed E-state index contributed by atoms with van der Waals surface area (Å²) < 4.78 is 5.25. The van der Waals surface area contributed by atoms with Crippen LogP contribution in [0.5, 0.6) is 0 Å². The molecule has 280 valence electrons. The van der Waals surface area contributed by atoms with Crippen LogP contribution in [0.2, 0.25) is 0 Å². The number of Topliss-reactive ketones (excluding diaryl/α,β-unsaturated/α-hetero) is 1. The lowest BCUT2D eigenvalue weighted by Crippen LogP contribution is -2.53. The molecule has 4 rings (SSSR count). The van der Waals surface area contributed by atoms with E-state index in [2.05, 4.69) is 41.9 Å². The minimum Gasteiger partial charge on any atom is -0.498 e. The Morgan fingerprint density at radius 3 is 2.21 bits per heavy atom. The highest BCUT2D eigenvalue weighted by molar-refractivity contribution is 5.98. The van der Waals surface area contributed by atoms with Gasteiger partial charge in [0.15, 0.2) is 5.78 Å². The number of carbonyl (C=O) groups excluding carboxylic acids is 4. The van der Waals surface area contributed by atoms with Crippen LogP contribution in [0.1, 0.15) is 84.8 Å². The Balaban J connectivity index is 1.56. The monoisotopic (exact) mass is 711 g/mol. The van der Waals surface area contributed by atoms with E-state index in [0.29, 0.717) is 44.5 Å². The molecule has 0 bridgehead atoms. The molecule has 10 nitrogen and oxygen atoms in total. The van der Waals surface area contributed by atoms with Crippen molar-refractivity contribution in [2.24, 2.45) is 22.2 Å². The number of hydrogen-bond acceptors (Lipinski definition) is 7. The molecule has 0 aromatic heterocycles. The first-order valence-electron chi connectivity index (χ1n) is 18.7. The van der Waals surface area contributed by atoms with Crippen molar-refractivity contribution in [3.63, 3.8) is 0 Å². The maximum atomic E-state index is 14.1. The minimum atomic E-state index is -0.858. The second-order valence-electron chi connectivity index (χ2n) is 15.4. The van der Waals surface area contributed by atoms with Crippen LogP contribution in [-0.4, -0.2) is 78.0 Å². The van der Waals surface area contributed by atoms with E-state index in [0.717, 1.165) is 24.0 Å². The van der Waals surface area contributed by atoms with Crippen LogP contribution >= 0.6 is 0 Å². The molecule has 1 heterocycles. The summed E-state index contributed by atoms with van der Waals surface area (Å²) in [6, 6.07) is 18.6. The van der Waals surface area contributed by atoms with Crippen molar-refractivity contribution < 1.29 is 23.9 Å². The van der Waals surface area contributed by atoms with Gasteiger partial charge in [-0.1, -0.05) is 83.1 Å². The number of amides is 3. The van der Waals surface area contributed by atoms with Crippen LogP contribution < -0.4 is 16.0 Å². The van der Waals surface area contributed by atoms with Gasteiger partial charge in [-0.2, -0.15) is 0 Å². The number of aliphatic imine (C=N–C) groups is 1. The first kappa shape index (κ1) is 40.1. The Bertz CT molecular complexity index is 1540. The van der Waals surface area contributed by atoms with Gasteiger partial charge in [0.1, 0.15) is 18.7 Å². The number of ether oxygens (including phenoxy) is 1. The normalized spacial score (nSPS) is 17.3. The van der Waals surface area contributed by atoms with Gasteiger partial charge in [-0.25, -0.2) is 0 Å². The molecule has 2 aromatic carbocycles. The average molecular weight is 712 g/mol. The molecule has 4 atom stereocenters. The highest BCUT2D eigenvalue weighted by Crippen LogP contribution is 2.47. The third kappa shape index (κ3) is 12.8. The molecule has 1 fully saturated rings. The Morgan fingerprint density at radius 1 is 0.904 bits per heavy atom. The Hall–Kier alpha value is -4.65. The van der Waals surface area contributed by atoms with E-state index >= 15 is 0 Å². The van der Waals surface area contributed by atoms with Crippen molar-refractivity contribution in [2.45, 2.75) is 111 Å². The molecular formula is C42H57N5O5. The van der Waals surface area contributed by atoms with Gasteiger partial charge in [-0.3, -0.25) is 24.2 Å². The molecule has 0 spiro atoms. The van der Waals surface area contributed by atoms with Crippen molar-refractivity contribution in [3.05, 3.63) is 84.3 Å². The van der Waals surface area contributed by atoms with E-state index in [1.807, 2.05) is 75.1 Å². The third-order valence-corrected chi connectivity index (χ3v) is 9.68. The number of ketones is 1. The summed E-state index contributed by atoms with van der Waals surface area (Å²) in [4.78, 5) is 61.6. The van der Waals surface area contributed by atoms with Crippen LogP contribution in [0, 0.1) is 29.4 Å². The number of hydrogen-bond donors (Lipinski definition) is 3. The van der Waals surface area contributed by atoms with E-state index in [-0.39, 0.29) is 53.7 Å². The van der Waals surface area contributed by atoms with Crippen LogP contribution in [0.15, 0.2) is 66.0 Å². The second kappa shape index (κ2) is 19.3. The summed E-state index contributed by atoms with van der Waals surface area (Å²) in [5, 5.41) is 9.24. The van der Waals surface area contributed by atoms with E-state index < -0.39 is 24.2 Å². The van der Waals surface area contributed by atoms with E-state index in [1.165, 1.54) is 0 Å². The topological polar surface area (TPSA) is 129 Å². The van der Waals surface area contributed by atoms with Crippen LogP contribution in [-0.2, 0) is 36.8 Å². The summed E-state index contributed by atoms with van der Waals surface area (Å²) >= 11 is 0. The average Bonchev–Trinajstić information content (AvgIpc) is 3.87. The maximum absolute atomic E-state index is 14.1. The highest BCUT2D eigenvalue weighted by Gasteiger charge is 2.48. The van der Waals surface area contributed by atoms with Gasteiger partial charge in [0.25, 0.3) is 0 Å². The standard InChI is InChI=1S/C42H57N5O5/c1-29(2)25-35(45-40(50)34(18-17-32-13-9-7-10-14-32)44-38(48)28-47-21-23-52-24-22-47)31(5)43-37(27-33-15-11-8-12-16-33)41(51)46-36(26-30(3)4)39(49)42(6)19-20-42/h7-11,13-15,21,23,29-30,34-37H,17-20,22,24-28H2,1-6H3,(H,44,48)(H,45,50)(H,46,51). The Kier molecular flexibility index (Phi) is 14.9. The first-order chi connectivity index (χ1) is 24.8. The summed E-state index contributed by atoms with van der Waals surface area (Å²) in [6.07, 6.45) is 7.34. The first-order valence-corrected chi connectivity index (χ1v) is 18.7. The number of nitrogens with one attached hydrogen (secondary N) is 3. The van der Waals surface area contributed by atoms with Crippen molar-refractivity contribution >= 4 is 29.2 Å². The maximum Gasteiger partial charge on any atom is 0.245 e. The predicted octanol–water partition coefficient (Wildman–Crippen LogP) is 5.01. The zero-order valence-electron chi connectivity index (χ0n) is 31.7. The summed E-state index contributed by atoms with van der Waals surface area (Å²) in [5.41, 5.74) is 2.04. The van der Waals surface area contributed by atoms with Gasteiger partial charge in [0.2, 0.25) is 17.7 Å². The molecule has 1 saturated carbocycles. The number of rotatable bonds is 20. The fraction of sp³-hybridized carbons (Fsp3) is 0.548. The van der Waals surface area contributed by atoms with Gasteiger partial charge >= 0.3 is 0 Å². The Morgan fingerprint density at radius 2 is 1.60 bits per heavy atom. The van der Waals surface area contributed by atoms with E-state index in [4.69, 9.17) is 9.73 Å². The molecule has 52 heavy (non-hydrogen) atoms. The fourth-order valence-electron chi connectivity index (χ4n) is 6.37. The molecule has 0 saturated heterocycles. The molecule has 2 aromatic rings. The zero-order valence-corrected chi connectivity index (χ0v) is 31.7. The van der Waals surface area contributed by atoms with Crippen LogP contribution in [0.4, 0.5) is 0 Å². The molecule has 10 heteroatoms. The summed E-state index contributed by atoms with van der Waals surface area (Å²) in [7, 11) is 0. The van der Waals surface area contributed by atoms with Crippen LogP contribution in [0.3, 0.4) is 0 Å². The number of aryl methyl sites for hydroxylation is 1. The SMILES string of the molecule is CC(=NC(Cc1c#cccc1)C(=O)NC(CC(C)C)C(=O)C1(C)CC1)C(CC(C)C)NC(=O)C(CCc1ccccc1)NC(=O)CN1C=COCC1. The minimum absolute atomic E-state index is 0.0757. The predicted molar refractivity (Wildman–Crippen MR) is 203 cm³/mol. The van der Waals surface area contributed by atoms with Crippen LogP contribution in [0.25, 0.3) is 0 Å². The quantitative estimate of drug-likeness (QED) is 0.166. The molecule has 0 radical (unpaired) electrons. The fourth-order valence-corrected chi connectivity index (χ4v) is 6.37. The summed E-state index contributed by atoms with van der Waals surface area (Å²) in [6.45, 7) is 13.2. The Labute approximate surface area is 310 Å². The number of nitrogens with zero attached hydrogens (tertiary/aromatic N) is 2. The van der Waals surface area contributed by atoms with Gasteiger partial charge in [-0.05, 0) is 75.0 Å². The highest BCUT2D eigenvalue weighted by atomic mass is 16.5. The van der Waals surface area contributed by atoms with E-state index in [9.17, 15) is 19.2 Å². The number of benzene rings is 1. The number of carbonyl (C=O) groups is 4. The molecule has 2 aliphatic rings. The van der Waals surface area contributed by atoms with E-state index in [1.54, 1.807) is 18.5 Å². The lowest BCUT2D eigenvalue weighted by atomic mass is 9.91. The van der Waals surface area contributed by atoms with Crippen molar-refractivity contribution in [3.8, 4) is 0 Å². The molecule has 4 unspecified atom stereocenters. The largest absolute Gasteiger partial charge is 0.498 e. The molecule has 1 aliphatic carbocycles. The molecule has 3 N–H and O–H groups in total. The van der Waals surface area contributed by atoms with Gasteiger partial charge < -0.3 is 25.6 Å². The van der Waals surface area contributed by atoms with Gasteiger partial charge in [-0.15, -0.1) is 0 Å². The lowest BCUT2D eigenvalue weighted by Gasteiger charge is -2.28. The van der Waals surface area contributed by atoms with Crippen molar-refractivity contribution in [1.82, 2.24) is 20.9 Å². The molecular weight excluding hydrogens is 654 g/mol.